The van der Waals surface area contributed by atoms with Gasteiger partial charge in [0.05, 0.1) is 29.6 Å². The Morgan fingerprint density at radius 1 is 1.21 bits per heavy atom. The SMILES string of the molecule is Cc1cc(I)ccc1Nc1c(C(=O)NOCC2CC2)cc(S(=O)(=O)NC(CCO)c2ccccn2)c(F)c1F. The summed E-state index contributed by atoms with van der Waals surface area (Å²) in [4.78, 5) is 21.3. The number of hydrogen-bond acceptors (Lipinski definition) is 7. The van der Waals surface area contributed by atoms with Crippen molar-refractivity contribution in [3.8, 4) is 0 Å². The molecule has 1 atom stereocenters. The third-order valence-electron chi connectivity index (χ3n) is 6.10. The molecule has 1 saturated carbocycles. The van der Waals surface area contributed by atoms with Gasteiger partial charge in [-0.3, -0.25) is 14.6 Å². The number of benzene rings is 2. The number of aliphatic hydroxyl groups excluding tert-OH is 1. The minimum atomic E-state index is -4.73. The lowest BCUT2D eigenvalue weighted by Crippen LogP contribution is -2.32. The van der Waals surface area contributed by atoms with Crippen LogP contribution in [0.5, 0.6) is 0 Å². The van der Waals surface area contributed by atoms with Crippen LogP contribution in [0, 0.1) is 28.0 Å². The Balaban J connectivity index is 1.74. The largest absolute Gasteiger partial charge is 0.396 e. The van der Waals surface area contributed by atoms with E-state index >= 15 is 8.78 Å². The second kappa shape index (κ2) is 12.6. The normalized spacial score (nSPS) is 14.2. The highest BCUT2D eigenvalue weighted by atomic mass is 127. The number of aliphatic hydroxyl groups is 1. The maximum Gasteiger partial charge on any atom is 0.277 e. The zero-order valence-corrected chi connectivity index (χ0v) is 23.9. The van der Waals surface area contributed by atoms with E-state index < -0.39 is 56.4 Å². The first-order chi connectivity index (χ1) is 18.6. The molecule has 1 fully saturated rings. The first-order valence-electron chi connectivity index (χ1n) is 12.1. The Kier molecular flexibility index (Phi) is 9.48. The molecule has 1 unspecified atom stereocenters. The number of pyridine rings is 1. The third-order valence-corrected chi connectivity index (χ3v) is 8.24. The fourth-order valence-corrected chi connectivity index (χ4v) is 5.78. The summed E-state index contributed by atoms with van der Waals surface area (Å²) in [6.45, 7) is 1.60. The van der Waals surface area contributed by atoms with Crippen molar-refractivity contribution < 1.29 is 31.9 Å². The Morgan fingerprint density at radius 2 is 1.97 bits per heavy atom. The summed E-state index contributed by atoms with van der Waals surface area (Å²) in [5.41, 5.74) is 2.55. The number of rotatable bonds is 12. The molecule has 0 radical (unpaired) electrons. The van der Waals surface area contributed by atoms with E-state index in [0.717, 1.165) is 22.5 Å². The summed E-state index contributed by atoms with van der Waals surface area (Å²) in [5, 5.41) is 12.2. The van der Waals surface area contributed by atoms with Crippen molar-refractivity contribution in [3.05, 3.63) is 80.7 Å². The molecule has 1 aliphatic rings. The molecule has 2 aromatic carbocycles. The quantitative estimate of drug-likeness (QED) is 0.165. The molecule has 0 spiro atoms. The van der Waals surface area contributed by atoms with Crippen molar-refractivity contribution in [2.24, 2.45) is 5.92 Å². The number of aryl methyl sites for hydroxylation is 1. The van der Waals surface area contributed by atoms with E-state index in [2.05, 4.69) is 43.1 Å². The molecule has 0 aliphatic heterocycles. The summed E-state index contributed by atoms with van der Waals surface area (Å²) >= 11 is 2.10. The van der Waals surface area contributed by atoms with Crippen LogP contribution in [0.25, 0.3) is 0 Å². The number of halogens is 3. The van der Waals surface area contributed by atoms with Gasteiger partial charge in [0.25, 0.3) is 5.91 Å². The van der Waals surface area contributed by atoms with Crippen LogP contribution < -0.4 is 15.5 Å². The number of hydrogen-bond donors (Lipinski definition) is 4. The molecule has 4 N–H and O–H groups in total. The van der Waals surface area contributed by atoms with Gasteiger partial charge in [-0.25, -0.2) is 27.4 Å². The van der Waals surface area contributed by atoms with Gasteiger partial charge in [0.2, 0.25) is 10.0 Å². The minimum absolute atomic E-state index is 0.0750. The number of sulfonamides is 1. The number of carbonyl (C=O) groups is 1. The predicted molar refractivity (Wildman–Crippen MR) is 149 cm³/mol. The maximum atomic E-state index is 15.6. The van der Waals surface area contributed by atoms with E-state index in [-0.39, 0.29) is 18.7 Å². The zero-order chi connectivity index (χ0) is 28.2. The van der Waals surface area contributed by atoms with E-state index in [4.69, 9.17) is 4.84 Å². The molecule has 9 nitrogen and oxygen atoms in total. The molecular weight excluding hydrogens is 645 g/mol. The van der Waals surface area contributed by atoms with E-state index in [9.17, 15) is 18.3 Å². The van der Waals surface area contributed by atoms with E-state index in [1.807, 2.05) is 0 Å². The average molecular weight is 672 g/mol. The zero-order valence-electron chi connectivity index (χ0n) is 20.9. The number of anilines is 2. The second-order valence-corrected chi connectivity index (χ2v) is 12.1. The molecule has 3 aromatic rings. The highest BCUT2D eigenvalue weighted by Gasteiger charge is 2.32. The summed E-state index contributed by atoms with van der Waals surface area (Å²) in [5.74, 6) is -3.88. The van der Waals surface area contributed by atoms with Crippen LogP contribution in [0.4, 0.5) is 20.2 Å². The van der Waals surface area contributed by atoms with Crippen LogP contribution in [-0.2, 0) is 14.9 Å². The van der Waals surface area contributed by atoms with Crippen molar-refractivity contribution in [2.75, 3.05) is 18.5 Å². The lowest BCUT2D eigenvalue weighted by atomic mass is 10.1. The Hall–Kier alpha value is -2.72. The van der Waals surface area contributed by atoms with Gasteiger partial charge in [-0.2, -0.15) is 0 Å². The molecular formula is C26H27F2IN4O5S. The van der Waals surface area contributed by atoms with Crippen molar-refractivity contribution in [2.45, 2.75) is 37.1 Å². The molecule has 1 aromatic heterocycles. The van der Waals surface area contributed by atoms with Gasteiger partial charge in [0.1, 0.15) is 4.90 Å². The van der Waals surface area contributed by atoms with E-state index in [1.165, 1.54) is 12.3 Å². The van der Waals surface area contributed by atoms with Gasteiger partial charge >= 0.3 is 0 Å². The number of nitrogens with one attached hydrogen (secondary N) is 3. The third kappa shape index (κ3) is 7.28. The monoisotopic (exact) mass is 672 g/mol. The minimum Gasteiger partial charge on any atom is -0.396 e. The molecule has 0 bridgehead atoms. The maximum absolute atomic E-state index is 15.6. The lowest BCUT2D eigenvalue weighted by molar-refractivity contribution is 0.0270. The second-order valence-electron chi connectivity index (χ2n) is 9.14. The Labute approximate surface area is 238 Å². The van der Waals surface area contributed by atoms with Gasteiger partial charge in [-0.1, -0.05) is 6.07 Å². The van der Waals surface area contributed by atoms with Gasteiger partial charge in [-0.15, -0.1) is 0 Å². The molecule has 0 saturated heterocycles. The summed E-state index contributed by atoms with van der Waals surface area (Å²) < 4.78 is 60.8. The number of nitrogens with zero attached hydrogens (tertiary/aromatic N) is 1. The molecule has 1 aliphatic carbocycles. The summed E-state index contributed by atoms with van der Waals surface area (Å²) in [6, 6.07) is 9.69. The highest BCUT2D eigenvalue weighted by molar-refractivity contribution is 14.1. The average Bonchev–Trinajstić information content (AvgIpc) is 3.72. The first kappa shape index (κ1) is 29.3. The van der Waals surface area contributed by atoms with E-state index in [0.29, 0.717) is 17.2 Å². The van der Waals surface area contributed by atoms with Crippen LogP contribution in [0.2, 0.25) is 0 Å². The van der Waals surface area contributed by atoms with Gasteiger partial charge in [-0.05, 0) is 96.7 Å². The molecule has 39 heavy (non-hydrogen) atoms. The standard InChI is InChI=1S/C26H27F2IN4O5S/c1-15-12-17(29)7-8-19(15)31-25-18(26(35)32-38-14-16-5-6-16)13-22(23(27)24(25)28)39(36,37)33-21(9-11-34)20-4-2-3-10-30-20/h2-4,7-8,10,12-13,16,21,31,33-34H,5-6,9,11,14H2,1H3,(H,32,35). The highest BCUT2D eigenvalue weighted by Crippen LogP contribution is 2.33. The molecule has 1 amide bonds. The van der Waals surface area contributed by atoms with Crippen molar-refractivity contribution in [1.82, 2.24) is 15.2 Å². The smallest absolute Gasteiger partial charge is 0.277 e. The van der Waals surface area contributed by atoms with Gasteiger partial charge in [0, 0.05) is 22.1 Å². The first-order valence-corrected chi connectivity index (χ1v) is 14.7. The van der Waals surface area contributed by atoms with Crippen LogP contribution in [0.15, 0.2) is 53.6 Å². The number of aromatic nitrogens is 1. The number of amides is 1. The van der Waals surface area contributed by atoms with Crippen molar-refractivity contribution in [1.29, 1.82) is 0 Å². The molecule has 1 heterocycles. The van der Waals surface area contributed by atoms with Crippen LogP contribution in [-0.4, -0.2) is 37.6 Å². The molecule has 13 heteroatoms. The Bertz CT molecular complexity index is 1460. The van der Waals surface area contributed by atoms with E-state index in [1.54, 1.807) is 37.3 Å². The summed E-state index contributed by atoms with van der Waals surface area (Å²) in [7, 11) is -4.73. The van der Waals surface area contributed by atoms with Gasteiger partial charge in [0.15, 0.2) is 11.6 Å². The summed E-state index contributed by atoms with van der Waals surface area (Å²) in [6.07, 6.45) is 3.28. The molecule has 4 rings (SSSR count). The van der Waals surface area contributed by atoms with Crippen LogP contribution in [0.3, 0.4) is 0 Å². The fraction of sp³-hybridized carbons (Fsp3) is 0.308. The predicted octanol–water partition coefficient (Wildman–Crippen LogP) is 4.49. The van der Waals surface area contributed by atoms with Crippen molar-refractivity contribution in [3.63, 3.8) is 0 Å². The van der Waals surface area contributed by atoms with Crippen LogP contribution in [0.1, 0.15) is 46.9 Å². The van der Waals surface area contributed by atoms with Crippen molar-refractivity contribution >= 4 is 49.9 Å². The van der Waals surface area contributed by atoms with Gasteiger partial charge < -0.3 is 10.4 Å². The number of hydroxylamine groups is 1. The molecule has 208 valence electrons. The lowest BCUT2D eigenvalue weighted by Gasteiger charge is -2.20. The topological polar surface area (TPSA) is 130 Å². The fourth-order valence-electron chi connectivity index (χ4n) is 3.80. The van der Waals surface area contributed by atoms with Crippen LogP contribution >= 0.6 is 22.6 Å². The Morgan fingerprint density at radius 3 is 2.62 bits per heavy atom. The number of carbonyl (C=O) groups excluding carboxylic acids is 1.